The maximum absolute atomic E-state index is 5.43. The summed E-state index contributed by atoms with van der Waals surface area (Å²) in [5.74, 6) is 1.35. The molecule has 30 heavy (non-hydrogen) atoms. The third kappa shape index (κ3) is 4.49. The van der Waals surface area contributed by atoms with Crippen LogP contribution in [-0.2, 0) is 18.5 Å². The van der Waals surface area contributed by atoms with Gasteiger partial charge >= 0.3 is 0 Å². The summed E-state index contributed by atoms with van der Waals surface area (Å²) in [6, 6.07) is 20.5. The predicted octanol–water partition coefficient (Wildman–Crippen LogP) is 4.85. The molecule has 0 aliphatic heterocycles. The summed E-state index contributed by atoms with van der Waals surface area (Å²) in [4.78, 5) is 6.73. The maximum Gasteiger partial charge on any atom is 0.232 e. The van der Waals surface area contributed by atoms with Gasteiger partial charge in [-0.15, -0.1) is 0 Å². The molecule has 0 saturated heterocycles. The minimum absolute atomic E-state index is 0.152. The van der Waals surface area contributed by atoms with Crippen molar-refractivity contribution in [3.63, 3.8) is 0 Å². The van der Waals surface area contributed by atoms with E-state index in [1.165, 1.54) is 0 Å². The molecule has 2 aromatic heterocycles. The Kier molecular flexibility index (Phi) is 5.50. The molecular weight excluding hydrogens is 374 g/mol. The van der Waals surface area contributed by atoms with Crippen molar-refractivity contribution in [2.24, 2.45) is 0 Å². The lowest BCUT2D eigenvalue weighted by Gasteiger charge is -2.14. The van der Waals surface area contributed by atoms with E-state index in [1.807, 2.05) is 41.1 Å². The predicted molar refractivity (Wildman–Crippen MR) is 117 cm³/mol. The van der Waals surface area contributed by atoms with Crippen LogP contribution in [0.2, 0.25) is 0 Å². The highest BCUT2D eigenvalue weighted by atomic mass is 16.5. The zero-order valence-corrected chi connectivity index (χ0v) is 17.9. The van der Waals surface area contributed by atoms with Gasteiger partial charge in [-0.1, -0.05) is 74.5 Å². The van der Waals surface area contributed by atoms with Crippen LogP contribution < -0.4 is 0 Å². The molecule has 0 aliphatic rings. The first-order valence-corrected chi connectivity index (χ1v) is 10.1. The lowest BCUT2D eigenvalue weighted by atomic mass is 9.97. The van der Waals surface area contributed by atoms with E-state index in [4.69, 9.17) is 9.62 Å². The number of rotatable bonds is 6. The fourth-order valence-corrected chi connectivity index (χ4v) is 3.29. The lowest BCUT2D eigenvalue weighted by molar-refractivity contribution is 0.292. The van der Waals surface area contributed by atoms with Crippen LogP contribution in [0.25, 0.3) is 16.9 Å². The zero-order valence-electron chi connectivity index (χ0n) is 17.9. The van der Waals surface area contributed by atoms with Gasteiger partial charge in [-0.2, -0.15) is 10.1 Å². The first kappa shape index (κ1) is 20.0. The molecule has 0 atom stereocenters. The molecule has 4 aromatic rings. The molecule has 6 nitrogen and oxygen atoms in total. The van der Waals surface area contributed by atoms with Crippen molar-refractivity contribution in [2.75, 3.05) is 7.05 Å². The van der Waals surface area contributed by atoms with E-state index in [0.717, 1.165) is 29.1 Å². The van der Waals surface area contributed by atoms with E-state index in [0.29, 0.717) is 18.3 Å². The third-order valence-corrected chi connectivity index (χ3v) is 4.82. The van der Waals surface area contributed by atoms with E-state index in [2.05, 4.69) is 73.3 Å². The van der Waals surface area contributed by atoms with Crippen molar-refractivity contribution in [1.29, 1.82) is 0 Å². The van der Waals surface area contributed by atoms with Crippen LogP contribution >= 0.6 is 0 Å². The van der Waals surface area contributed by atoms with Crippen LogP contribution in [0.15, 0.2) is 71.4 Å². The molecule has 0 radical (unpaired) electrons. The fraction of sp³-hybridized carbons (Fsp3) is 0.292. The average Bonchev–Trinajstić information content (AvgIpc) is 3.36. The second kappa shape index (κ2) is 8.24. The molecule has 0 aliphatic carbocycles. The fourth-order valence-electron chi connectivity index (χ4n) is 3.29. The van der Waals surface area contributed by atoms with Gasteiger partial charge in [0.25, 0.3) is 0 Å². The molecule has 0 fully saturated rings. The van der Waals surface area contributed by atoms with Crippen molar-refractivity contribution >= 4 is 0 Å². The van der Waals surface area contributed by atoms with Crippen LogP contribution in [0, 0.1) is 0 Å². The van der Waals surface area contributed by atoms with Crippen molar-refractivity contribution < 1.29 is 4.52 Å². The highest BCUT2D eigenvalue weighted by Gasteiger charge is 2.22. The van der Waals surface area contributed by atoms with Crippen molar-refractivity contribution in [1.82, 2.24) is 24.8 Å². The quantitative estimate of drug-likeness (QED) is 0.462. The van der Waals surface area contributed by atoms with Crippen molar-refractivity contribution in [3.8, 4) is 16.9 Å². The molecule has 0 amide bonds. The lowest BCUT2D eigenvalue weighted by Crippen LogP contribution is -2.18. The van der Waals surface area contributed by atoms with Crippen LogP contribution in [0.4, 0.5) is 0 Å². The van der Waals surface area contributed by atoms with E-state index >= 15 is 0 Å². The minimum atomic E-state index is -0.152. The van der Waals surface area contributed by atoms with Gasteiger partial charge in [0, 0.05) is 29.3 Å². The first-order valence-electron chi connectivity index (χ1n) is 10.1. The van der Waals surface area contributed by atoms with Crippen LogP contribution in [0.1, 0.15) is 38.0 Å². The van der Waals surface area contributed by atoms with Gasteiger partial charge in [0.1, 0.15) is 0 Å². The van der Waals surface area contributed by atoms with Gasteiger partial charge in [-0.3, -0.25) is 4.90 Å². The van der Waals surface area contributed by atoms with E-state index < -0.39 is 0 Å². The summed E-state index contributed by atoms with van der Waals surface area (Å²) in [5, 5.41) is 9.04. The number of para-hydroxylation sites is 1. The molecule has 0 saturated carbocycles. The normalized spacial score (nSPS) is 11.9. The van der Waals surface area contributed by atoms with E-state index in [1.54, 1.807) is 0 Å². The molecule has 2 heterocycles. The maximum atomic E-state index is 5.43. The van der Waals surface area contributed by atoms with Gasteiger partial charge in [-0.25, -0.2) is 4.68 Å². The Hall–Kier alpha value is -3.25. The van der Waals surface area contributed by atoms with Crippen LogP contribution in [-0.4, -0.2) is 31.9 Å². The van der Waals surface area contributed by atoms with Crippen LogP contribution in [0.5, 0.6) is 0 Å². The molecule has 6 heteroatoms. The second-order valence-electron chi connectivity index (χ2n) is 8.59. The monoisotopic (exact) mass is 401 g/mol. The summed E-state index contributed by atoms with van der Waals surface area (Å²) in [6.07, 6.45) is 2.10. The van der Waals surface area contributed by atoms with Gasteiger partial charge in [0.2, 0.25) is 5.89 Å². The Balaban J connectivity index is 1.59. The number of hydrogen-bond acceptors (Lipinski definition) is 5. The summed E-state index contributed by atoms with van der Waals surface area (Å²) < 4.78 is 7.37. The molecule has 0 unspecified atom stereocenters. The van der Waals surface area contributed by atoms with Gasteiger partial charge < -0.3 is 4.52 Å². The Morgan fingerprint density at radius 2 is 1.60 bits per heavy atom. The van der Waals surface area contributed by atoms with E-state index in [-0.39, 0.29) is 5.41 Å². The number of nitrogens with zero attached hydrogens (tertiary/aromatic N) is 5. The SMILES string of the molecule is CN(Cc1noc(C(C)(C)C)n1)Cc1cn(-c2ccccc2)nc1-c1ccccc1. The van der Waals surface area contributed by atoms with Gasteiger partial charge in [0.05, 0.1) is 17.9 Å². The Labute approximate surface area is 177 Å². The zero-order chi connectivity index (χ0) is 21.1. The number of hydrogen-bond donors (Lipinski definition) is 0. The molecule has 0 spiro atoms. The Bertz CT molecular complexity index is 1090. The topological polar surface area (TPSA) is 60.0 Å². The summed E-state index contributed by atoms with van der Waals surface area (Å²) >= 11 is 0. The van der Waals surface area contributed by atoms with Crippen molar-refractivity contribution in [2.45, 2.75) is 39.3 Å². The second-order valence-corrected chi connectivity index (χ2v) is 8.59. The Morgan fingerprint density at radius 1 is 0.933 bits per heavy atom. The molecule has 154 valence electrons. The molecular formula is C24H27N5O. The molecule has 0 N–H and O–H groups in total. The molecule has 0 bridgehead atoms. The standard InChI is InChI=1S/C24H27N5O/c1-24(2,3)23-25-21(27-30-23)17-28(4)15-19-16-29(20-13-9-6-10-14-20)26-22(19)18-11-7-5-8-12-18/h5-14,16H,15,17H2,1-4H3. The van der Waals surface area contributed by atoms with Crippen LogP contribution in [0.3, 0.4) is 0 Å². The third-order valence-electron chi connectivity index (χ3n) is 4.82. The highest BCUT2D eigenvalue weighted by molar-refractivity contribution is 5.63. The molecule has 2 aromatic carbocycles. The Morgan fingerprint density at radius 3 is 2.23 bits per heavy atom. The summed E-state index contributed by atoms with van der Waals surface area (Å²) in [7, 11) is 2.06. The number of aromatic nitrogens is 4. The number of benzene rings is 2. The van der Waals surface area contributed by atoms with Crippen molar-refractivity contribution in [3.05, 3.63) is 84.1 Å². The average molecular weight is 402 g/mol. The van der Waals surface area contributed by atoms with Gasteiger partial charge in [-0.05, 0) is 19.2 Å². The minimum Gasteiger partial charge on any atom is -0.339 e. The summed E-state index contributed by atoms with van der Waals surface area (Å²) in [5.41, 5.74) is 4.12. The summed E-state index contributed by atoms with van der Waals surface area (Å²) in [6.45, 7) is 7.52. The smallest absolute Gasteiger partial charge is 0.232 e. The first-order chi connectivity index (χ1) is 14.4. The van der Waals surface area contributed by atoms with E-state index in [9.17, 15) is 0 Å². The highest BCUT2D eigenvalue weighted by Crippen LogP contribution is 2.25. The largest absolute Gasteiger partial charge is 0.339 e. The van der Waals surface area contributed by atoms with Gasteiger partial charge in [0.15, 0.2) is 5.82 Å². The molecule has 4 rings (SSSR count).